The molecule has 26 heavy (non-hydrogen) atoms. The first kappa shape index (κ1) is 19.4. The van der Waals surface area contributed by atoms with Gasteiger partial charge in [-0.1, -0.05) is 57.5 Å². The standard InChI is InChI=1S/C24H35NO/c1-18(2)15-20-7-9-21(10-8-20)19(3)16-22-11-12-23(24(22)26)17-25-13-5-4-6-14-25/h7-10,16,18-19,23H,4-6,11-15,17H2,1-3H3/b22-16-/t19-,23-/m1/s1. The number of carbonyl (C=O) groups excluding carboxylic acids is 1. The molecule has 1 saturated carbocycles. The molecule has 2 nitrogen and oxygen atoms in total. The highest BCUT2D eigenvalue weighted by Crippen LogP contribution is 2.31. The molecule has 0 amide bonds. The van der Waals surface area contributed by atoms with E-state index < -0.39 is 0 Å². The summed E-state index contributed by atoms with van der Waals surface area (Å²) in [5.74, 6) is 1.66. The number of piperidine rings is 1. The van der Waals surface area contributed by atoms with Gasteiger partial charge < -0.3 is 4.90 Å². The van der Waals surface area contributed by atoms with Gasteiger partial charge in [0.1, 0.15) is 0 Å². The van der Waals surface area contributed by atoms with Crippen LogP contribution in [0.5, 0.6) is 0 Å². The Morgan fingerprint density at radius 2 is 1.77 bits per heavy atom. The van der Waals surface area contributed by atoms with Gasteiger partial charge in [0.05, 0.1) is 0 Å². The zero-order chi connectivity index (χ0) is 18.5. The number of rotatable bonds is 6. The normalized spacial score (nSPS) is 24.5. The molecule has 0 radical (unpaired) electrons. The molecule has 0 N–H and O–H groups in total. The fourth-order valence-electron chi connectivity index (χ4n) is 4.47. The monoisotopic (exact) mass is 353 g/mol. The molecule has 0 aromatic heterocycles. The smallest absolute Gasteiger partial charge is 0.162 e. The molecule has 2 atom stereocenters. The summed E-state index contributed by atoms with van der Waals surface area (Å²) in [5.41, 5.74) is 3.80. The number of Topliss-reactive ketones (excluding diaryl/α,β-unsaturated/α-hetero) is 1. The summed E-state index contributed by atoms with van der Waals surface area (Å²) in [6.07, 6.45) is 9.32. The van der Waals surface area contributed by atoms with Crippen LogP contribution in [0.25, 0.3) is 0 Å². The Kier molecular flexibility index (Phi) is 6.69. The second-order valence-corrected chi connectivity index (χ2v) is 8.78. The largest absolute Gasteiger partial charge is 0.303 e. The van der Waals surface area contributed by atoms with Crippen LogP contribution in [0.4, 0.5) is 0 Å². The molecule has 0 unspecified atom stereocenters. The zero-order valence-corrected chi connectivity index (χ0v) is 16.8. The molecule has 0 spiro atoms. The van der Waals surface area contributed by atoms with Crippen molar-refractivity contribution in [3.05, 3.63) is 47.0 Å². The molecule has 1 heterocycles. The van der Waals surface area contributed by atoms with Crippen molar-refractivity contribution >= 4 is 5.78 Å². The lowest BCUT2D eigenvalue weighted by molar-refractivity contribution is -0.118. The molecule has 0 bridgehead atoms. The van der Waals surface area contributed by atoms with E-state index >= 15 is 0 Å². The molecule has 1 aliphatic heterocycles. The van der Waals surface area contributed by atoms with Crippen LogP contribution in [-0.4, -0.2) is 30.3 Å². The lowest BCUT2D eigenvalue weighted by atomic mass is 9.94. The quantitative estimate of drug-likeness (QED) is 0.640. The number of nitrogens with zero attached hydrogens (tertiary/aromatic N) is 1. The summed E-state index contributed by atoms with van der Waals surface area (Å²) in [6, 6.07) is 8.98. The minimum absolute atomic E-state index is 0.236. The fourth-order valence-corrected chi connectivity index (χ4v) is 4.47. The van der Waals surface area contributed by atoms with Crippen molar-refractivity contribution in [2.24, 2.45) is 11.8 Å². The van der Waals surface area contributed by atoms with Gasteiger partial charge in [0, 0.05) is 12.5 Å². The molecule has 2 heteroatoms. The number of hydrogen-bond acceptors (Lipinski definition) is 2. The van der Waals surface area contributed by atoms with E-state index in [-0.39, 0.29) is 5.92 Å². The van der Waals surface area contributed by atoms with Crippen LogP contribution in [0.15, 0.2) is 35.9 Å². The second-order valence-electron chi connectivity index (χ2n) is 8.78. The van der Waals surface area contributed by atoms with Gasteiger partial charge in [-0.2, -0.15) is 0 Å². The topological polar surface area (TPSA) is 20.3 Å². The molecule has 2 aliphatic rings. The number of benzene rings is 1. The van der Waals surface area contributed by atoms with Gasteiger partial charge in [-0.25, -0.2) is 0 Å². The maximum absolute atomic E-state index is 12.8. The van der Waals surface area contributed by atoms with Crippen LogP contribution in [0.1, 0.15) is 69.9 Å². The van der Waals surface area contributed by atoms with Crippen LogP contribution in [0.2, 0.25) is 0 Å². The van der Waals surface area contributed by atoms with Crippen molar-refractivity contribution in [2.45, 2.75) is 65.2 Å². The van der Waals surface area contributed by atoms with Crippen LogP contribution in [-0.2, 0) is 11.2 Å². The lowest BCUT2D eigenvalue weighted by Gasteiger charge is -2.28. The van der Waals surface area contributed by atoms with E-state index in [1.54, 1.807) is 0 Å². The van der Waals surface area contributed by atoms with Crippen LogP contribution >= 0.6 is 0 Å². The predicted octanol–water partition coefficient (Wildman–Crippen LogP) is 5.38. The van der Waals surface area contributed by atoms with E-state index in [1.807, 2.05) is 0 Å². The average Bonchev–Trinajstić information content (AvgIpc) is 2.96. The van der Waals surface area contributed by atoms with Gasteiger partial charge in [0.25, 0.3) is 0 Å². The highest BCUT2D eigenvalue weighted by atomic mass is 16.1. The first-order valence-electron chi connectivity index (χ1n) is 10.6. The Morgan fingerprint density at radius 1 is 1.08 bits per heavy atom. The van der Waals surface area contributed by atoms with Gasteiger partial charge in [-0.3, -0.25) is 4.79 Å². The van der Waals surface area contributed by atoms with Crippen molar-refractivity contribution in [1.29, 1.82) is 0 Å². The zero-order valence-electron chi connectivity index (χ0n) is 16.8. The van der Waals surface area contributed by atoms with Crippen molar-refractivity contribution in [3.8, 4) is 0 Å². The first-order valence-corrected chi connectivity index (χ1v) is 10.6. The summed E-state index contributed by atoms with van der Waals surface area (Å²) >= 11 is 0. The van der Waals surface area contributed by atoms with Gasteiger partial charge in [-0.05, 0) is 73.7 Å². The van der Waals surface area contributed by atoms with Crippen LogP contribution in [0.3, 0.4) is 0 Å². The van der Waals surface area contributed by atoms with E-state index in [1.165, 1.54) is 43.5 Å². The third-order valence-corrected chi connectivity index (χ3v) is 5.98. The van der Waals surface area contributed by atoms with E-state index in [9.17, 15) is 4.79 Å². The van der Waals surface area contributed by atoms with E-state index in [0.717, 1.165) is 31.4 Å². The van der Waals surface area contributed by atoms with Gasteiger partial charge in [0.15, 0.2) is 5.78 Å². The minimum atomic E-state index is 0.236. The molecule has 142 valence electrons. The summed E-state index contributed by atoms with van der Waals surface area (Å²) in [7, 11) is 0. The second kappa shape index (κ2) is 8.99. The molecule has 1 aliphatic carbocycles. The molecule has 2 fully saturated rings. The molecular weight excluding hydrogens is 318 g/mol. The summed E-state index contributed by atoms with van der Waals surface area (Å²) in [5, 5.41) is 0. The summed E-state index contributed by atoms with van der Waals surface area (Å²) < 4.78 is 0. The van der Waals surface area contributed by atoms with Crippen molar-refractivity contribution in [3.63, 3.8) is 0 Å². The van der Waals surface area contributed by atoms with Crippen molar-refractivity contribution in [1.82, 2.24) is 4.90 Å². The fraction of sp³-hybridized carbons (Fsp3) is 0.625. The Bertz CT molecular complexity index is 622. The summed E-state index contributed by atoms with van der Waals surface area (Å²) in [4.78, 5) is 15.3. The maximum Gasteiger partial charge on any atom is 0.162 e. The van der Waals surface area contributed by atoms with Gasteiger partial charge >= 0.3 is 0 Å². The number of hydrogen-bond donors (Lipinski definition) is 0. The van der Waals surface area contributed by atoms with Crippen molar-refractivity contribution < 1.29 is 4.79 Å². The molecule has 3 rings (SSSR count). The van der Waals surface area contributed by atoms with Crippen LogP contribution in [0, 0.1) is 11.8 Å². The van der Waals surface area contributed by atoms with Gasteiger partial charge in [-0.15, -0.1) is 0 Å². The summed E-state index contributed by atoms with van der Waals surface area (Å²) in [6.45, 7) is 10.1. The van der Waals surface area contributed by atoms with E-state index in [4.69, 9.17) is 0 Å². The Balaban J connectivity index is 1.59. The predicted molar refractivity (Wildman–Crippen MR) is 110 cm³/mol. The van der Waals surface area contributed by atoms with E-state index in [2.05, 4.69) is 56.0 Å². The first-order chi connectivity index (χ1) is 12.5. The SMILES string of the molecule is CC(C)Cc1ccc([C@H](C)/C=C2/CC[C@H](CN3CCCCC3)C2=O)cc1. The van der Waals surface area contributed by atoms with Crippen molar-refractivity contribution in [2.75, 3.05) is 19.6 Å². The average molecular weight is 354 g/mol. The molecular formula is C24H35NO. The number of carbonyl (C=O) groups is 1. The molecule has 1 aromatic carbocycles. The molecule has 1 saturated heterocycles. The van der Waals surface area contributed by atoms with E-state index in [0.29, 0.717) is 17.6 Å². The minimum Gasteiger partial charge on any atom is -0.303 e. The highest BCUT2D eigenvalue weighted by Gasteiger charge is 2.31. The third kappa shape index (κ3) is 5.07. The lowest BCUT2D eigenvalue weighted by Crippen LogP contribution is -2.35. The van der Waals surface area contributed by atoms with Crippen LogP contribution < -0.4 is 0 Å². The Morgan fingerprint density at radius 3 is 2.42 bits per heavy atom. The number of ketones is 1. The molecule has 1 aromatic rings. The Labute approximate surface area is 159 Å². The maximum atomic E-state index is 12.8. The van der Waals surface area contributed by atoms with Gasteiger partial charge in [0.2, 0.25) is 0 Å². The highest BCUT2D eigenvalue weighted by molar-refractivity contribution is 5.99. The number of allylic oxidation sites excluding steroid dienone is 2. The Hall–Kier alpha value is -1.41. The third-order valence-electron chi connectivity index (χ3n) is 5.98. The number of likely N-dealkylation sites (tertiary alicyclic amines) is 1.